The number of nitrogens with zero attached hydrogens (tertiary/aromatic N) is 4. The van der Waals surface area contributed by atoms with E-state index >= 15 is 17.6 Å². The van der Waals surface area contributed by atoms with Crippen LogP contribution in [0.25, 0.3) is 49.9 Å². The minimum Gasteiger partial charge on any atom is -0.457 e. The fourth-order valence-electron chi connectivity index (χ4n) is 9.85. The van der Waals surface area contributed by atoms with Crippen molar-refractivity contribution in [3.63, 3.8) is 0 Å². The quantitative estimate of drug-likeness (QED) is 0.0820. The van der Waals surface area contributed by atoms with Gasteiger partial charge in [-0.05, 0) is 117 Å². The molecule has 0 fully saturated rings. The third-order valence-corrected chi connectivity index (χ3v) is 13.9. The van der Waals surface area contributed by atoms with Gasteiger partial charge in [-0.1, -0.05) is 124 Å². The third-order valence-electron chi connectivity index (χ3n) is 13.9. The number of ether oxygens (including phenoxy) is 1. The lowest BCUT2D eigenvalue weighted by Crippen LogP contribution is -2.25. The van der Waals surface area contributed by atoms with E-state index in [0.29, 0.717) is 34.0 Å². The molecule has 0 saturated heterocycles. The van der Waals surface area contributed by atoms with Gasteiger partial charge in [0.15, 0.2) is 23.3 Å². The Kier molecular flexibility index (Phi) is 12.0. The number of benzene rings is 7. The van der Waals surface area contributed by atoms with Crippen LogP contribution in [0.4, 0.5) is 44.7 Å². The van der Waals surface area contributed by atoms with Crippen LogP contribution in [0.5, 0.6) is 11.5 Å². The molecule has 0 radical (unpaired) electrons. The summed E-state index contributed by atoms with van der Waals surface area (Å²) in [6.45, 7) is 21.0. The first-order valence-electron chi connectivity index (χ1n) is 24.5. The van der Waals surface area contributed by atoms with Crippen molar-refractivity contribution in [3.05, 3.63) is 191 Å². The highest BCUT2D eigenvalue weighted by molar-refractivity contribution is 6.09. The van der Waals surface area contributed by atoms with Crippen molar-refractivity contribution in [3.8, 4) is 39.6 Å². The molecule has 0 spiro atoms. The molecule has 3 heterocycles. The fourth-order valence-corrected chi connectivity index (χ4v) is 9.85. The van der Waals surface area contributed by atoms with Crippen LogP contribution in [-0.4, -0.2) is 16.2 Å². The van der Waals surface area contributed by atoms with Crippen LogP contribution in [-0.2, 0) is 10.8 Å². The fraction of sp³-hybridized carbons (Fsp3) is 0.242. The summed E-state index contributed by atoms with van der Waals surface area (Å²) < 4.78 is 87.5. The van der Waals surface area contributed by atoms with E-state index in [1.165, 1.54) is 0 Å². The predicted octanol–water partition coefficient (Wildman–Crippen LogP) is 18.1. The summed E-state index contributed by atoms with van der Waals surface area (Å²) in [5.41, 5.74) is 7.91. The van der Waals surface area contributed by atoms with Crippen molar-refractivity contribution >= 4 is 44.6 Å². The zero-order valence-electron chi connectivity index (χ0n) is 42.2. The van der Waals surface area contributed by atoms with Gasteiger partial charge in [0.25, 0.3) is 0 Å². The minimum atomic E-state index is -2.21. The first kappa shape index (κ1) is 48.2. The van der Waals surface area contributed by atoms with E-state index in [1.54, 1.807) is 6.07 Å². The molecule has 9 aromatic rings. The lowest BCUT2D eigenvalue weighted by molar-refractivity contribution is 0.381. The minimum absolute atomic E-state index is 0.0850. The van der Waals surface area contributed by atoms with Gasteiger partial charge in [0.2, 0.25) is 5.82 Å². The summed E-state index contributed by atoms with van der Waals surface area (Å²) >= 11 is 0. The Bertz CT molecular complexity index is 3540. The normalized spacial score (nSPS) is 13.1. The second-order valence-electron chi connectivity index (χ2n) is 21.6. The third kappa shape index (κ3) is 8.44. The van der Waals surface area contributed by atoms with Gasteiger partial charge < -0.3 is 14.5 Å². The molecule has 10 rings (SSSR count). The van der Waals surface area contributed by atoms with Crippen LogP contribution in [0, 0.1) is 29.1 Å². The first-order valence-corrected chi connectivity index (χ1v) is 24.5. The Morgan fingerprint density at radius 1 is 0.514 bits per heavy atom. The smallest absolute Gasteiger partial charge is 0.200 e. The number of pyridine rings is 1. The van der Waals surface area contributed by atoms with Gasteiger partial charge in [-0.2, -0.15) is 0 Å². The van der Waals surface area contributed by atoms with E-state index in [2.05, 4.69) is 106 Å². The van der Waals surface area contributed by atoms with Gasteiger partial charge in [0, 0.05) is 45.9 Å². The van der Waals surface area contributed by atoms with Gasteiger partial charge in [-0.15, -0.1) is 0 Å². The topological polar surface area (TPSA) is 33.5 Å². The molecular formula is C62H57F5N4O. The van der Waals surface area contributed by atoms with Crippen LogP contribution < -0.4 is 14.5 Å². The monoisotopic (exact) mass is 968 g/mol. The Morgan fingerprint density at radius 3 is 1.75 bits per heavy atom. The van der Waals surface area contributed by atoms with Crippen LogP contribution in [0.15, 0.2) is 140 Å². The summed E-state index contributed by atoms with van der Waals surface area (Å²) in [4.78, 5) is 8.82. The Hall–Kier alpha value is -7.46. The molecule has 0 aliphatic carbocycles. The molecule has 0 bridgehead atoms. The van der Waals surface area contributed by atoms with Gasteiger partial charge in [-0.3, -0.25) is 4.57 Å². The van der Waals surface area contributed by atoms with Crippen LogP contribution in [0.1, 0.15) is 103 Å². The van der Waals surface area contributed by atoms with E-state index in [-0.39, 0.29) is 29.5 Å². The molecule has 0 unspecified atom stereocenters. The molecule has 72 heavy (non-hydrogen) atoms. The lowest BCUT2D eigenvalue weighted by Gasteiger charge is -2.31. The van der Waals surface area contributed by atoms with Crippen molar-refractivity contribution in [2.24, 2.45) is 0 Å². The molecule has 7 aromatic carbocycles. The first-order chi connectivity index (χ1) is 34.2. The molecule has 1 aliphatic heterocycles. The average molecular weight is 969 g/mol. The summed E-state index contributed by atoms with van der Waals surface area (Å²) in [5.74, 6) is -7.80. The van der Waals surface area contributed by atoms with Gasteiger partial charge in [-0.25, -0.2) is 26.9 Å². The largest absolute Gasteiger partial charge is 0.457 e. The van der Waals surface area contributed by atoms with E-state index in [0.717, 1.165) is 61.3 Å². The number of rotatable bonds is 9. The number of aromatic nitrogens is 2. The van der Waals surface area contributed by atoms with E-state index in [4.69, 9.17) is 9.72 Å². The molecule has 2 aromatic heterocycles. The number of hydrogen-bond acceptors (Lipinski definition) is 4. The highest BCUT2D eigenvalue weighted by atomic mass is 19.2. The molecule has 5 nitrogen and oxygen atoms in total. The number of para-hydroxylation sites is 3. The summed E-state index contributed by atoms with van der Waals surface area (Å²) in [6.07, 6.45) is 1.86. The molecule has 1 aliphatic rings. The van der Waals surface area contributed by atoms with Gasteiger partial charge in [0.1, 0.15) is 24.0 Å². The van der Waals surface area contributed by atoms with Crippen molar-refractivity contribution < 1.29 is 26.7 Å². The second kappa shape index (κ2) is 18.0. The number of halogens is 5. The molecule has 366 valence electrons. The Balaban J connectivity index is 1.12. The molecular weight excluding hydrogens is 912 g/mol. The van der Waals surface area contributed by atoms with E-state index in [1.807, 2.05) is 111 Å². The number of hydrogen-bond donors (Lipinski definition) is 0. The van der Waals surface area contributed by atoms with Gasteiger partial charge in [0.05, 0.1) is 33.7 Å². The SMILES string of the molecule is CC(C)c1cc(-c2cc(C(C)(C)C)cc(-c3c(F)c(F)c(F)c(F)c3F)c2N2CN(c3cccc(Oc4ccc5c6ccccc6n(-c6cc(C(C)(C)C)ccn6)c5c4)c3)c3ccccc32)cc(C(C)C)c1. The summed E-state index contributed by atoms with van der Waals surface area (Å²) in [5, 5.41) is 2.15. The molecule has 0 amide bonds. The number of fused-ring (bicyclic) bond motifs is 4. The summed E-state index contributed by atoms with van der Waals surface area (Å²) in [7, 11) is 0. The highest BCUT2D eigenvalue weighted by Gasteiger charge is 2.36. The van der Waals surface area contributed by atoms with Crippen LogP contribution in [0.2, 0.25) is 0 Å². The predicted molar refractivity (Wildman–Crippen MR) is 283 cm³/mol. The maximum absolute atomic E-state index is 16.5. The van der Waals surface area contributed by atoms with Crippen LogP contribution >= 0.6 is 0 Å². The Labute approximate surface area is 418 Å². The van der Waals surface area contributed by atoms with Gasteiger partial charge >= 0.3 is 0 Å². The maximum atomic E-state index is 16.5. The second-order valence-corrected chi connectivity index (χ2v) is 21.6. The highest BCUT2D eigenvalue weighted by Crippen LogP contribution is 2.53. The average Bonchev–Trinajstić information content (AvgIpc) is 3.90. The van der Waals surface area contributed by atoms with E-state index in [9.17, 15) is 4.39 Å². The van der Waals surface area contributed by atoms with Crippen molar-refractivity contribution in [2.75, 3.05) is 16.5 Å². The Morgan fingerprint density at radius 2 is 1.10 bits per heavy atom. The van der Waals surface area contributed by atoms with Crippen molar-refractivity contribution in [2.45, 2.75) is 91.9 Å². The summed E-state index contributed by atoms with van der Waals surface area (Å²) in [6, 6.07) is 43.7. The molecule has 0 atom stereocenters. The van der Waals surface area contributed by atoms with Crippen molar-refractivity contribution in [1.29, 1.82) is 0 Å². The molecule has 0 saturated carbocycles. The van der Waals surface area contributed by atoms with E-state index < -0.39 is 40.1 Å². The zero-order valence-corrected chi connectivity index (χ0v) is 42.2. The maximum Gasteiger partial charge on any atom is 0.200 e. The lowest BCUT2D eigenvalue weighted by atomic mass is 9.81. The van der Waals surface area contributed by atoms with Crippen molar-refractivity contribution in [1.82, 2.24) is 9.55 Å². The standard InChI is InChI=1S/C62H57F5N4O/c1-35(2)37-26-38(36(3)4)28-39(27-37)47-29-41(62(8,9)10)30-48(54-55(63)57(65)59(67)58(66)56(54)64)60(47)70-34-69(50-20-13-14-21-51(50)70)42-16-15-17-43(32-42)72-44-22-23-46-45-18-11-12-19-49(45)71(52(46)33-44)53-31-40(24-25-68-53)61(5,6)7/h11-33,35-36H,34H2,1-10H3. The molecule has 10 heteroatoms. The zero-order chi connectivity index (χ0) is 51.1. The number of anilines is 4. The molecule has 0 N–H and O–H groups in total. The van der Waals surface area contributed by atoms with Crippen LogP contribution in [0.3, 0.4) is 0 Å².